The number of nitrogens with one attached hydrogen (secondary N) is 1. The number of anilines is 1. The third kappa shape index (κ3) is 4.90. The zero-order valence-corrected chi connectivity index (χ0v) is 12.1. The van der Waals surface area contributed by atoms with Crippen LogP contribution in [0.25, 0.3) is 0 Å². The Morgan fingerprint density at radius 2 is 2.12 bits per heavy atom. The summed E-state index contributed by atoms with van der Waals surface area (Å²) in [6.45, 7) is 1.92. The van der Waals surface area contributed by atoms with Crippen LogP contribution in [0.1, 0.15) is 12.0 Å². The molecule has 94 valence electrons. The highest BCUT2D eigenvalue weighted by atomic mass is 127. The second-order valence-corrected chi connectivity index (χ2v) is 6.53. The normalized spacial score (nSPS) is 11.2. The van der Waals surface area contributed by atoms with Gasteiger partial charge in [0.2, 0.25) is 10.0 Å². The predicted molar refractivity (Wildman–Crippen MR) is 73.6 cm³/mol. The van der Waals surface area contributed by atoms with Gasteiger partial charge in [-0.15, -0.1) is 0 Å². The third-order valence-corrected chi connectivity index (χ3v) is 4.48. The van der Waals surface area contributed by atoms with Gasteiger partial charge in [-0.1, -0.05) is 6.07 Å². The molecule has 0 aromatic heterocycles. The summed E-state index contributed by atoms with van der Waals surface area (Å²) in [4.78, 5) is 10.3. The van der Waals surface area contributed by atoms with Gasteiger partial charge in [0, 0.05) is 9.26 Å². The molecule has 0 aliphatic rings. The van der Waals surface area contributed by atoms with Crippen molar-refractivity contribution in [3.8, 4) is 0 Å². The van der Waals surface area contributed by atoms with Crippen LogP contribution in [0.2, 0.25) is 0 Å². The van der Waals surface area contributed by atoms with Gasteiger partial charge >= 0.3 is 5.97 Å². The van der Waals surface area contributed by atoms with E-state index >= 15 is 0 Å². The molecule has 0 unspecified atom stereocenters. The summed E-state index contributed by atoms with van der Waals surface area (Å²) >= 11 is 2.10. The standard InChI is InChI=1S/C10H12INO4S/c1-7-2-3-8(6-9(7)11)12-17(15,16)5-4-10(13)14/h2-3,6,12H,4-5H2,1H3,(H,13,14). The van der Waals surface area contributed by atoms with Crippen LogP contribution in [0.4, 0.5) is 5.69 Å². The molecular formula is C10H12INO4S. The summed E-state index contributed by atoms with van der Waals surface area (Å²) in [5.41, 5.74) is 1.50. The number of rotatable bonds is 5. The maximum absolute atomic E-state index is 11.5. The van der Waals surface area contributed by atoms with E-state index in [1.54, 1.807) is 18.2 Å². The predicted octanol–water partition coefficient (Wildman–Crippen LogP) is 1.82. The molecule has 0 bridgehead atoms. The minimum absolute atomic E-state index is 0.404. The molecule has 0 aliphatic heterocycles. The largest absolute Gasteiger partial charge is 0.481 e. The zero-order chi connectivity index (χ0) is 13.1. The Hall–Kier alpha value is -0.830. The van der Waals surface area contributed by atoms with Crippen molar-refractivity contribution >= 4 is 44.3 Å². The number of carbonyl (C=O) groups is 1. The van der Waals surface area contributed by atoms with Crippen LogP contribution in [-0.2, 0) is 14.8 Å². The van der Waals surface area contributed by atoms with Crippen molar-refractivity contribution in [1.82, 2.24) is 0 Å². The summed E-state index contributed by atoms with van der Waals surface area (Å²) in [7, 11) is -3.59. The van der Waals surface area contributed by atoms with Gasteiger partial charge in [-0.3, -0.25) is 9.52 Å². The number of hydrogen-bond donors (Lipinski definition) is 2. The summed E-state index contributed by atoms with van der Waals surface area (Å²) in [6, 6.07) is 5.15. The molecule has 0 aliphatic carbocycles. The average molecular weight is 369 g/mol. The van der Waals surface area contributed by atoms with Crippen LogP contribution in [0.3, 0.4) is 0 Å². The molecule has 0 amide bonds. The van der Waals surface area contributed by atoms with Gasteiger partial charge in [-0.2, -0.15) is 0 Å². The molecule has 1 aromatic rings. The van der Waals surface area contributed by atoms with Crippen LogP contribution >= 0.6 is 22.6 Å². The van der Waals surface area contributed by atoms with E-state index < -0.39 is 28.2 Å². The van der Waals surface area contributed by atoms with E-state index in [0.29, 0.717) is 5.69 Å². The molecule has 0 atom stereocenters. The lowest BCUT2D eigenvalue weighted by atomic mass is 10.2. The van der Waals surface area contributed by atoms with Gasteiger partial charge in [-0.25, -0.2) is 8.42 Å². The van der Waals surface area contributed by atoms with Crippen LogP contribution in [0, 0.1) is 10.5 Å². The summed E-state index contributed by atoms with van der Waals surface area (Å²) in [6.07, 6.45) is -0.404. The molecule has 17 heavy (non-hydrogen) atoms. The van der Waals surface area contributed by atoms with E-state index in [1.807, 2.05) is 6.92 Å². The van der Waals surface area contributed by atoms with Crippen molar-refractivity contribution in [3.05, 3.63) is 27.3 Å². The lowest BCUT2D eigenvalue weighted by Crippen LogP contribution is -2.18. The molecule has 0 heterocycles. The Morgan fingerprint density at radius 3 is 2.65 bits per heavy atom. The van der Waals surface area contributed by atoms with Gasteiger partial charge in [0.15, 0.2) is 0 Å². The van der Waals surface area contributed by atoms with Crippen molar-refractivity contribution in [1.29, 1.82) is 0 Å². The van der Waals surface area contributed by atoms with Crippen molar-refractivity contribution in [2.75, 3.05) is 10.5 Å². The molecule has 2 N–H and O–H groups in total. The van der Waals surface area contributed by atoms with E-state index in [4.69, 9.17) is 5.11 Å². The molecule has 1 rings (SSSR count). The average Bonchev–Trinajstić information content (AvgIpc) is 2.21. The molecule has 5 nitrogen and oxygen atoms in total. The van der Waals surface area contributed by atoms with Gasteiger partial charge in [0.05, 0.1) is 12.2 Å². The summed E-state index contributed by atoms with van der Waals surface area (Å²) in [5.74, 6) is -1.55. The first-order chi connectivity index (χ1) is 7.80. The van der Waals surface area contributed by atoms with Gasteiger partial charge in [0.1, 0.15) is 0 Å². The second kappa shape index (κ2) is 5.67. The highest BCUT2D eigenvalue weighted by molar-refractivity contribution is 14.1. The van der Waals surface area contributed by atoms with Crippen LogP contribution in [0.15, 0.2) is 18.2 Å². The van der Waals surface area contributed by atoms with Crippen molar-refractivity contribution in [2.24, 2.45) is 0 Å². The fourth-order valence-corrected chi connectivity index (χ4v) is 2.66. The summed E-state index contributed by atoms with van der Waals surface area (Å²) < 4.78 is 26.3. The van der Waals surface area contributed by atoms with Gasteiger partial charge < -0.3 is 5.11 Å². The lowest BCUT2D eigenvalue weighted by Gasteiger charge is -2.08. The topological polar surface area (TPSA) is 83.5 Å². The Kier molecular flexibility index (Phi) is 4.75. The number of hydrogen-bond acceptors (Lipinski definition) is 3. The molecule has 0 spiro atoms. The van der Waals surface area contributed by atoms with E-state index in [1.165, 1.54) is 0 Å². The first-order valence-electron chi connectivity index (χ1n) is 4.78. The van der Waals surface area contributed by atoms with Crippen molar-refractivity contribution in [2.45, 2.75) is 13.3 Å². The molecule has 0 radical (unpaired) electrons. The van der Waals surface area contributed by atoms with Gasteiger partial charge in [-0.05, 0) is 47.2 Å². The first-order valence-corrected chi connectivity index (χ1v) is 7.52. The number of aliphatic carboxylic acids is 1. The number of halogens is 1. The molecule has 1 aromatic carbocycles. The van der Waals surface area contributed by atoms with E-state index in [-0.39, 0.29) is 0 Å². The van der Waals surface area contributed by atoms with Crippen LogP contribution in [-0.4, -0.2) is 25.2 Å². The van der Waals surface area contributed by atoms with Crippen molar-refractivity contribution < 1.29 is 18.3 Å². The number of benzene rings is 1. The quantitative estimate of drug-likeness (QED) is 0.776. The first kappa shape index (κ1) is 14.2. The zero-order valence-electron chi connectivity index (χ0n) is 9.10. The fourth-order valence-electron chi connectivity index (χ4n) is 1.11. The molecule has 0 fully saturated rings. The highest BCUT2D eigenvalue weighted by Gasteiger charge is 2.13. The second-order valence-electron chi connectivity index (χ2n) is 3.53. The Balaban J connectivity index is 2.76. The monoisotopic (exact) mass is 369 g/mol. The summed E-state index contributed by atoms with van der Waals surface area (Å²) in [5, 5.41) is 8.43. The molecule has 7 heteroatoms. The fraction of sp³-hybridized carbons (Fsp3) is 0.300. The maximum atomic E-state index is 11.5. The Morgan fingerprint density at radius 1 is 1.47 bits per heavy atom. The number of aryl methyl sites for hydroxylation is 1. The smallest absolute Gasteiger partial charge is 0.304 e. The highest BCUT2D eigenvalue weighted by Crippen LogP contribution is 2.18. The number of carboxylic acid groups (broad SMARTS) is 1. The molecular weight excluding hydrogens is 357 g/mol. The van der Waals surface area contributed by atoms with E-state index in [0.717, 1.165) is 9.13 Å². The van der Waals surface area contributed by atoms with Crippen LogP contribution in [0.5, 0.6) is 0 Å². The minimum atomic E-state index is -3.59. The van der Waals surface area contributed by atoms with Gasteiger partial charge in [0.25, 0.3) is 0 Å². The lowest BCUT2D eigenvalue weighted by molar-refractivity contribution is -0.136. The van der Waals surface area contributed by atoms with E-state index in [2.05, 4.69) is 27.3 Å². The Labute approximate surface area is 113 Å². The maximum Gasteiger partial charge on any atom is 0.304 e. The molecule has 0 saturated heterocycles. The van der Waals surface area contributed by atoms with Crippen LogP contribution < -0.4 is 4.72 Å². The SMILES string of the molecule is Cc1ccc(NS(=O)(=O)CCC(=O)O)cc1I. The third-order valence-electron chi connectivity index (χ3n) is 2.03. The number of carboxylic acids is 1. The van der Waals surface area contributed by atoms with Crippen molar-refractivity contribution in [3.63, 3.8) is 0 Å². The molecule has 0 saturated carbocycles. The number of sulfonamides is 1. The van der Waals surface area contributed by atoms with E-state index in [9.17, 15) is 13.2 Å². The Bertz CT molecular complexity index is 527. The minimum Gasteiger partial charge on any atom is -0.481 e.